The van der Waals surface area contributed by atoms with E-state index in [1.807, 2.05) is 31.2 Å². The van der Waals surface area contributed by atoms with E-state index in [2.05, 4.69) is 24.1 Å². The third kappa shape index (κ3) is 6.74. The number of carbonyl (C=O) groups is 1. The maximum absolute atomic E-state index is 12.0. The van der Waals surface area contributed by atoms with Crippen molar-refractivity contribution in [1.29, 1.82) is 0 Å². The van der Waals surface area contributed by atoms with Crippen LogP contribution in [0.2, 0.25) is 0 Å². The quantitative estimate of drug-likeness (QED) is 0.503. The second kappa shape index (κ2) is 10.4. The largest absolute Gasteiger partial charge is 0.494 e. The number of rotatable bonds is 11. The third-order valence-corrected chi connectivity index (χ3v) is 3.50. The molecular formula is C17H28N2O2. The minimum atomic E-state index is 0.126. The van der Waals surface area contributed by atoms with Crippen molar-refractivity contribution in [3.8, 4) is 5.75 Å². The number of nitrogens with one attached hydrogen (secondary N) is 1. The lowest BCUT2D eigenvalue weighted by atomic mass is 10.1. The standard InChI is InChI=1S/C17H28N2O2/c1-4-19(5-2)13-7-12-18-14-17(20)15-8-10-16(11-9-15)21-6-3/h8-11,18H,4-7,12-14H2,1-3H3. The van der Waals surface area contributed by atoms with Gasteiger partial charge in [-0.1, -0.05) is 13.8 Å². The average molecular weight is 292 g/mol. The minimum Gasteiger partial charge on any atom is -0.494 e. The number of carbonyl (C=O) groups excluding carboxylic acids is 1. The van der Waals surface area contributed by atoms with Crippen molar-refractivity contribution in [2.45, 2.75) is 27.2 Å². The summed E-state index contributed by atoms with van der Waals surface area (Å²) in [5.41, 5.74) is 0.731. The van der Waals surface area contributed by atoms with Crippen LogP contribution in [0.5, 0.6) is 5.75 Å². The van der Waals surface area contributed by atoms with E-state index in [-0.39, 0.29) is 5.78 Å². The predicted octanol–water partition coefficient (Wildman–Crippen LogP) is 2.59. The van der Waals surface area contributed by atoms with Crippen molar-refractivity contribution in [1.82, 2.24) is 10.2 Å². The number of Topliss-reactive ketones (excluding diaryl/α,β-unsaturated/α-hetero) is 1. The smallest absolute Gasteiger partial charge is 0.176 e. The van der Waals surface area contributed by atoms with Crippen LogP contribution in [0.3, 0.4) is 0 Å². The van der Waals surface area contributed by atoms with E-state index < -0.39 is 0 Å². The summed E-state index contributed by atoms with van der Waals surface area (Å²) in [6.45, 7) is 11.5. The van der Waals surface area contributed by atoms with Gasteiger partial charge in [0, 0.05) is 5.56 Å². The number of hydrogen-bond acceptors (Lipinski definition) is 4. The van der Waals surface area contributed by atoms with Crippen molar-refractivity contribution in [3.05, 3.63) is 29.8 Å². The second-order valence-corrected chi connectivity index (χ2v) is 4.94. The first kappa shape index (κ1) is 17.7. The average Bonchev–Trinajstić information content (AvgIpc) is 2.52. The van der Waals surface area contributed by atoms with Crippen LogP contribution in [0.4, 0.5) is 0 Å². The molecule has 0 radical (unpaired) electrons. The van der Waals surface area contributed by atoms with Crippen molar-refractivity contribution in [2.75, 3.05) is 39.3 Å². The van der Waals surface area contributed by atoms with E-state index in [0.717, 1.165) is 43.9 Å². The highest BCUT2D eigenvalue weighted by atomic mass is 16.5. The molecule has 0 aromatic heterocycles. The fraction of sp³-hybridized carbons (Fsp3) is 0.588. The van der Waals surface area contributed by atoms with Gasteiger partial charge in [-0.05, 0) is 63.8 Å². The Balaban J connectivity index is 2.24. The van der Waals surface area contributed by atoms with Crippen LogP contribution >= 0.6 is 0 Å². The molecule has 0 bridgehead atoms. The zero-order valence-electron chi connectivity index (χ0n) is 13.5. The highest BCUT2D eigenvalue weighted by Crippen LogP contribution is 2.12. The molecule has 1 aromatic rings. The van der Waals surface area contributed by atoms with Gasteiger partial charge in [-0.3, -0.25) is 4.79 Å². The molecule has 21 heavy (non-hydrogen) atoms. The van der Waals surface area contributed by atoms with Gasteiger partial charge in [-0.15, -0.1) is 0 Å². The van der Waals surface area contributed by atoms with Crippen LogP contribution in [-0.2, 0) is 0 Å². The summed E-state index contributed by atoms with van der Waals surface area (Å²) in [6, 6.07) is 7.34. The van der Waals surface area contributed by atoms with Crippen molar-refractivity contribution in [2.24, 2.45) is 0 Å². The predicted molar refractivity (Wildman–Crippen MR) is 87.2 cm³/mol. The number of ether oxygens (including phenoxy) is 1. The van der Waals surface area contributed by atoms with E-state index >= 15 is 0 Å². The summed E-state index contributed by atoms with van der Waals surface area (Å²) in [4.78, 5) is 14.4. The highest BCUT2D eigenvalue weighted by molar-refractivity contribution is 5.97. The molecule has 0 spiro atoms. The molecule has 4 heteroatoms. The molecule has 0 saturated carbocycles. The summed E-state index contributed by atoms with van der Waals surface area (Å²) in [6.07, 6.45) is 1.07. The minimum absolute atomic E-state index is 0.126. The fourth-order valence-electron chi connectivity index (χ4n) is 2.18. The van der Waals surface area contributed by atoms with Gasteiger partial charge in [0.1, 0.15) is 5.75 Å². The molecule has 118 valence electrons. The Morgan fingerprint density at radius 2 is 1.81 bits per heavy atom. The first-order chi connectivity index (χ1) is 10.2. The van der Waals surface area contributed by atoms with Crippen LogP contribution in [0.1, 0.15) is 37.6 Å². The summed E-state index contributed by atoms with van der Waals surface area (Å²) >= 11 is 0. The summed E-state index contributed by atoms with van der Waals surface area (Å²) in [5.74, 6) is 0.933. The molecule has 0 heterocycles. The Labute approximate surface area is 128 Å². The van der Waals surface area contributed by atoms with Crippen LogP contribution in [0.25, 0.3) is 0 Å². The molecule has 0 saturated heterocycles. The number of hydrogen-bond donors (Lipinski definition) is 1. The molecule has 4 nitrogen and oxygen atoms in total. The molecule has 1 N–H and O–H groups in total. The zero-order valence-corrected chi connectivity index (χ0v) is 13.5. The van der Waals surface area contributed by atoms with Gasteiger partial charge in [-0.25, -0.2) is 0 Å². The molecule has 0 aliphatic carbocycles. The lowest BCUT2D eigenvalue weighted by Gasteiger charge is -2.17. The molecule has 0 amide bonds. The van der Waals surface area contributed by atoms with Gasteiger partial charge >= 0.3 is 0 Å². The van der Waals surface area contributed by atoms with E-state index in [4.69, 9.17) is 4.74 Å². The Morgan fingerprint density at radius 3 is 2.38 bits per heavy atom. The van der Waals surface area contributed by atoms with Crippen molar-refractivity contribution < 1.29 is 9.53 Å². The van der Waals surface area contributed by atoms with Gasteiger partial charge < -0.3 is 15.0 Å². The topological polar surface area (TPSA) is 41.6 Å². The lowest BCUT2D eigenvalue weighted by Crippen LogP contribution is -2.29. The van der Waals surface area contributed by atoms with E-state index in [0.29, 0.717) is 13.2 Å². The van der Waals surface area contributed by atoms with Crippen LogP contribution in [0, 0.1) is 0 Å². The number of benzene rings is 1. The van der Waals surface area contributed by atoms with E-state index in [9.17, 15) is 4.79 Å². The molecule has 0 unspecified atom stereocenters. The SMILES string of the molecule is CCOc1ccc(C(=O)CNCCCN(CC)CC)cc1. The molecule has 1 rings (SSSR count). The normalized spacial score (nSPS) is 10.9. The third-order valence-electron chi connectivity index (χ3n) is 3.50. The van der Waals surface area contributed by atoms with Gasteiger partial charge in [0.05, 0.1) is 13.2 Å². The lowest BCUT2D eigenvalue weighted by molar-refractivity contribution is 0.0991. The number of nitrogens with zero attached hydrogens (tertiary/aromatic N) is 1. The molecule has 0 aliphatic rings. The fourth-order valence-corrected chi connectivity index (χ4v) is 2.18. The summed E-state index contributed by atoms with van der Waals surface area (Å²) < 4.78 is 5.37. The number of ketones is 1. The maximum atomic E-state index is 12.0. The maximum Gasteiger partial charge on any atom is 0.176 e. The van der Waals surface area contributed by atoms with E-state index in [1.165, 1.54) is 0 Å². The Kier molecular flexibility index (Phi) is 8.71. The van der Waals surface area contributed by atoms with Gasteiger partial charge in [0.15, 0.2) is 5.78 Å². The highest BCUT2D eigenvalue weighted by Gasteiger charge is 2.05. The Hall–Kier alpha value is -1.39. The zero-order chi connectivity index (χ0) is 15.5. The first-order valence-electron chi connectivity index (χ1n) is 7.90. The van der Waals surface area contributed by atoms with Crippen molar-refractivity contribution in [3.63, 3.8) is 0 Å². The molecular weight excluding hydrogens is 264 g/mol. The Bertz CT molecular complexity index is 400. The van der Waals surface area contributed by atoms with Crippen molar-refractivity contribution >= 4 is 5.78 Å². The van der Waals surface area contributed by atoms with Gasteiger partial charge in [0.2, 0.25) is 0 Å². The molecule has 0 atom stereocenters. The van der Waals surface area contributed by atoms with Gasteiger partial charge in [0.25, 0.3) is 0 Å². The Morgan fingerprint density at radius 1 is 1.14 bits per heavy atom. The van der Waals surface area contributed by atoms with Crippen LogP contribution in [0.15, 0.2) is 24.3 Å². The van der Waals surface area contributed by atoms with E-state index in [1.54, 1.807) is 0 Å². The summed E-state index contributed by atoms with van der Waals surface area (Å²) in [7, 11) is 0. The van der Waals surface area contributed by atoms with Gasteiger partial charge in [-0.2, -0.15) is 0 Å². The van der Waals surface area contributed by atoms with Crippen LogP contribution < -0.4 is 10.1 Å². The first-order valence-corrected chi connectivity index (χ1v) is 7.90. The monoisotopic (exact) mass is 292 g/mol. The molecule has 1 aromatic carbocycles. The van der Waals surface area contributed by atoms with Crippen LogP contribution in [-0.4, -0.2) is 50.0 Å². The summed E-state index contributed by atoms with van der Waals surface area (Å²) in [5, 5.41) is 3.22. The molecule has 0 fully saturated rings. The second-order valence-electron chi connectivity index (χ2n) is 4.94. The molecule has 0 aliphatic heterocycles.